The van der Waals surface area contributed by atoms with Gasteiger partial charge in [0.1, 0.15) is 5.84 Å². The quantitative estimate of drug-likeness (QED) is 0.607. The largest absolute Gasteiger partial charge is 0.384 e. The maximum Gasteiger partial charge on any atom is 0.124 e. The molecular weight excluding hydrogens is 210 g/mol. The Bertz CT molecular complexity index is 394. The Hall–Kier alpha value is -1.51. The van der Waals surface area contributed by atoms with Crippen LogP contribution < -0.4 is 10.6 Å². The van der Waals surface area contributed by atoms with Crippen LogP contribution in [0.4, 0.5) is 5.69 Å². The Morgan fingerprint density at radius 2 is 1.94 bits per heavy atom. The number of benzene rings is 1. The number of nitrogen functional groups attached to an aromatic ring is 1. The minimum absolute atomic E-state index is 0.137. The van der Waals surface area contributed by atoms with Gasteiger partial charge in [0.15, 0.2) is 0 Å². The maximum absolute atomic E-state index is 7.65. The van der Waals surface area contributed by atoms with Gasteiger partial charge in [0.2, 0.25) is 0 Å². The van der Waals surface area contributed by atoms with E-state index < -0.39 is 0 Å². The molecule has 0 aromatic heterocycles. The molecule has 1 aromatic carbocycles. The van der Waals surface area contributed by atoms with Crippen LogP contribution in [0.2, 0.25) is 0 Å². The number of nitrogens with zero attached hydrogens (tertiary/aromatic N) is 1. The lowest BCUT2D eigenvalue weighted by molar-refractivity contribution is 0.591. The number of hydrogen-bond acceptors (Lipinski definition) is 2. The number of aryl methyl sites for hydroxylation is 1. The van der Waals surface area contributed by atoms with Crippen LogP contribution in [0, 0.1) is 12.3 Å². The van der Waals surface area contributed by atoms with Crippen LogP contribution in [0.1, 0.15) is 37.8 Å². The topological polar surface area (TPSA) is 53.1 Å². The second-order valence-electron chi connectivity index (χ2n) is 4.52. The molecule has 0 unspecified atom stereocenters. The third-order valence-electron chi connectivity index (χ3n) is 3.31. The summed E-state index contributed by atoms with van der Waals surface area (Å²) in [5, 5.41) is 7.65. The van der Waals surface area contributed by atoms with Crippen molar-refractivity contribution < 1.29 is 0 Å². The maximum atomic E-state index is 7.65. The van der Waals surface area contributed by atoms with E-state index in [-0.39, 0.29) is 5.84 Å². The summed E-state index contributed by atoms with van der Waals surface area (Å²) in [5.41, 5.74) is 8.72. The Balaban J connectivity index is 3.18. The molecule has 0 bridgehead atoms. The summed E-state index contributed by atoms with van der Waals surface area (Å²) in [6.07, 6.45) is 2.19. The second-order valence-corrected chi connectivity index (χ2v) is 4.52. The van der Waals surface area contributed by atoms with Gasteiger partial charge >= 0.3 is 0 Å². The first kappa shape index (κ1) is 13.6. The van der Waals surface area contributed by atoms with Gasteiger partial charge in [-0.25, -0.2) is 0 Å². The molecule has 0 radical (unpaired) electrons. The SMILES string of the molecule is CCC(CC)N(C)c1cc(C)ccc1C(=N)N. The van der Waals surface area contributed by atoms with Crippen molar-refractivity contribution in [3.8, 4) is 0 Å². The van der Waals surface area contributed by atoms with Crippen molar-refractivity contribution in [1.82, 2.24) is 0 Å². The van der Waals surface area contributed by atoms with Crippen molar-refractivity contribution in [1.29, 1.82) is 5.41 Å². The molecule has 0 aliphatic heterocycles. The minimum Gasteiger partial charge on any atom is -0.384 e. The zero-order chi connectivity index (χ0) is 13.0. The molecule has 0 saturated heterocycles. The molecule has 0 spiro atoms. The third-order valence-corrected chi connectivity index (χ3v) is 3.31. The molecule has 0 heterocycles. The average Bonchev–Trinajstić information content (AvgIpc) is 2.29. The standard InChI is InChI=1S/C14H23N3/c1-5-11(6-2)17(4)13-9-10(3)7-8-12(13)14(15)16/h7-9,11H,5-6H2,1-4H3,(H3,15,16). The number of nitrogens with one attached hydrogen (secondary N) is 1. The normalized spacial score (nSPS) is 10.6. The molecule has 0 saturated carbocycles. The van der Waals surface area contributed by atoms with Crippen molar-refractivity contribution in [2.75, 3.05) is 11.9 Å². The molecular formula is C14H23N3. The van der Waals surface area contributed by atoms with Crippen LogP contribution in [-0.4, -0.2) is 18.9 Å². The number of amidine groups is 1. The number of nitrogens with two attached hydrogens (primary N) is 1. The summed E-state index contributed by atoms with van der Waals surface area (Å²) in [7, 11) is 2.08. The van der Waals surface area contributed by atoms with Crippen LogP contribution in [0.5, 0.6) is 0 Å². The number of anilines is 1. The van der Waals surface area contributed by atoms with E-state index in [1.807, 2.05) is 12.1 Å². The van der Waals surface area contributed by atoms with Crippen molar-refractivity contribution >= 4 is 11.5 Å². The van der Waals surface area contributed by atoms with Gasteiger partial charge in [-0.05, 0) is 37.5 Å². The molecule has 3 nitrogen and oxygen atoms in total. The van der Waals surface area contributed by atoms with Crippen molar-refractivity contribution in [3.63, 3.8) is 0 Å². The smallest absolute Gasteiger partial charge is 0.124 e. The summed E-state index contributed by atoms with van der Waals surface area (Å²) < 4.78 is 0. The van der Waals surface area contributed by atoms with Crippen LogP contribution in [0.25, 0.3) is 0 Å². The third kappa shape index (κ3) is 2.99. The molecule has 17 heavy (non-hydrogen) atoms. The Kier molecular flexibility index (Phi) is 4.55. The zero-order valence-corrected chi connectivity index (χ0v) is 11.2. The zero-order valence-electron chi connectivity index (χ0n) is 11.2. The molecule has 3 heteroatoms. The van der Waals surface area contributed by atoms with E-state index in [1.54, 1.807) is 0 Å². The van der Waals surface area contributed by atoms with Gasteiger partial charge in [-0.2, -0.15) is 0 Å². The predicted octanol–water partition coefficient (Wildman–Crippen LogP) is 2.90. The first-order valence-corrected chi connectivity index (χ1v) is 6.19. The summed E-state index contributed by atoms with van der Waals surface area (Å²) in [6.45, 7) is 6.44. The molecule has 0 atom stereocenters. The monoisotopic (exact) mass is 233 g/mol. The van der Waals surface area contributed by atoms with Crippen LogP contribution in [-0.2, 0) is 0 Å². The highest BCUT2D eigenvalue weighted by Crippen LogP contribution is 2.24. The number of rotatable bonds is 5. The average molecular weight is 233 g/mol. The van der Waals surface area contributed by atoms with Crippen LogP contribution in [0.3, 0.4) is 0 Å². The fourth-order valence-corrected chi connectivity index (χ4v) is 2.19. The highest BCUT2D eigenvalue weighted by Gasteiger charge is 2.15. The molecule has 0 amide bonds. The highest BCUT2D eigenvalue weighted by atomic mass is 15.1. The van der Waals surface area contributed by atoms with Gasteiger partial charge in [-0.15, -0.1) is 0 Å². The summed E-state index contributed by atoms with van der Waals surface area (Å²) in [4.78, 5) is 2.24. The molecule has 0 fully saturated rings. The van der Waals surface area contributed by atoms with E-state index in [9.17, 15) is 0 Å². The van der Waals surface area contributed by atoms with E-state index in [2.05, 4.69) is 38.8 Å². The minimum atomic E-state index is 0.137. The van der Waals surface area contributed by atoms with E-state index >= 15 is 0 Å². The molecule has 1 rings (SSSR count). The summed E-state index contributed by atoms with van der Waals surface area (Å²) in [5.74, 6) is 0.137. The van der Waals surface area contributed by atoms with Crippen LogP contribution >= 0.6 is 0 Å². The first-order valence-electron chi connectivity index (χ1n) is 6.19. The van der Waals surface area contributed by atoms with Gasteiger partial charge in [0.25, 0.3) is 0 Å². The second kappa shape index (κ2) is 5.71. The number of hydrogen-bond donors (Lipinski definition) is 2. The highest BCUT2D eigenvalue weighted by molar-refractivity contribution is 6.00. The first-order chi connectivity index (χ1) is 8.01. The fourth-order valence-electron chi connectivity index (χ4n) is 2.19. The lowest BCUT2D eigenvalue weighted by Crippen LogP contribution is -2.32. The van der Waals surface area contributed by atoms with E-state index in [1.165, 1.54) is 5.56 Å². The summed E-state index contributed by atoms with van der Waals surface area (Å²) >= 11 is 0. The van der Waals surface area contributed by atoms with Crippen molar-refractivity contribution in [2.45, 2.75) is 39.7 Å². The Labute approximate surface area is 104 Å². The van der Waals surface area contributed by atoms with Gasteiger partial charge in [-0.1, -0.05) is 19.9 Å². The fraction of sp³-hybridized carbons (Fsp3) is 0.500. The Morgan fingerprint density at radius 3 is 2.41 bits per heavy atom. The van der Waals surface area contributed by atoms with Crippen molar-refractivity contribution in [2.24, 2.45) is 5.73 Å². The molecule has 0 aliphatic carbocycles. The van der Waals surface area contributed by atoms with Crippen LogP contribution in [0.15, 0.2) is 18.2 Å². The van der Waals surface area contributed by atoms with E-state index in [0.29, 0.717) is 6.04 Å². The molecule has 94 valence electrons. The molecule has 3 N–H and O–H groups in total. The van der Waals surface area contributed by atoms with E-state index in [0.717, 1.165) is 24.1 Å². The van der Waals surface area contributed by atoms with Gasteiger partial charge < -0.3 is 10.6 Å². The van der Waals surface area contributed by atoms with Gasteiger partial charge in [0.05, 0.1) is 0 Å². The molecule has 1 aromatic rings. The Morgan fingerprint density at radius 1 is 1.35 bits per heavy atom. The molecule has 0 aliphatic rings. The van der Waals surface area contributed by atoms with Gasteiger partial charge in [-0.3, -0.25) is 5.41 Å². The van der Waals surface area contributed by atoms with Crippen molar-refractivity contribution in [3.05, 3.63) is 29.3 Å². The lowest BCUT2D eigenvalue weighted by atomic mass is 10.0. The van der Waals surface area contributed by atoms with Gasteiger partial charge in [0, 0.05) is 24.3 Å². The lowest BCUT2D eigenvalue weighted by Gasteiger charge is -2.30. The van der Waals surface area contributed by atoms with E-state index in [4.69, 9.17) is 11.1 Å². The summed E-state index contributed by atoms with van der Waals surface area (Å²) in [6, 6.07) is 6.54. The predicted molar refractivity (Wildman–Crippen MR) is 75.0 cm³/mol.